The minimum absolute atomic E-state index is 0.182. The molecular formula is C14H10N2OS. The molecule has 0 saturated heterocycles. The summed E-state index contributed by atoms with van der Waals surface area (Å²) in [5.74, 6) is 0. The van der Waals surface area contributed by atoms with Gasteiger partial charge in [0.15, 0.2) is 0 Å². The second kappa shape index (κ2) is 4.58. The summed E-state index contributed by atoms with van der Waals surface area (Å²) in [4.78, 5) is 13.2. The Hall–Kier alpha value is -2.20. The molecule has 1 N–H and O–H groups in total. The van der Waals surface area contributed by atoms with Crippen molar-refractivity contribution in [2.24, 2.45) is 0 Å². The van der Waals surface area contributed by atoms with Gasteiger partial charge in [-0.1, -0.05) is 30.3 Å². The van der Waals surface area contributed by atoms with Crippen LogP contribution in [0.2, 0.25) is 0 Å². The highest BCUT2D eigenvalue weighted by Gasteiger charge is 2.05. The summed E-state index contributed by atoms with van der Waals surface area (Å²) < 4.78 is 0. The molecule has 88 valence electrons. The smallest absolute Gasteiger partial charge is 0.264 e. The zero-order valence-corrected chi connectivity index (χ0v) is 10.3. The molecule has 0 unspecified atom stereocenters. The fraction of sp³-hybridized carbons (Fsp3) is 0. The minimum atomic E-state index is -0.182. The molecule has 0 fully saturated rings. The van der Waals surface area contributed by atoms with Crippen molar-refractivity contribution in [2.45, 2.75) is 0 Å². The topological polar surface area (TPSA) is 45.8 Å². The molecule has 0 saturated carbocycles. The van der Waals surface area contributed by atoms with E-state index < -0.39 is 0 Å². The zero-order valence-electron chi connectivity index (χ0n) is 9.46. The van der Waals surface area contributed by atoms with Crippen LogP contribution in [0.1, 0.15) is 0 Å². The molecule has 1 aromatic carbocycles. The lowest BCUT2D eigenvalue weighted by Crippen LogP contribution is -2.04. The quantitative estimate of drug-likeness (QED) is 0.763. The van der Waals surface area contributed by atoms with E-state index in [0.717, 1.165) is 10.6 Å². The molecule has 3 nitrogen and oxygen atoms in total. The van der Waals surface area contributed by atoms with Gasteiger partial charge in [0, 0.05) is 10.9 Å². The molecule has 18 heavy (non-hydrogen) atoms. The van der Waals surface area contributed by atoms with Crippen LogP contribution in [0.25, 0.3) is 21.0 Å². The van der Waals surface area contributed by atoms with Crippen molar-refractivity contribution in [2.75, 3.05) is 0 Å². The summed E-state index contributed by atoms with van der Waals surface area (Å²) in [5.41, 5.74) is 1.80. The minimum Gasteiger partial charge on any atom is -0.268 e. The Bertz CT molecular complexity index is 695. The van der Waals surface area contributed by atoms with E-state index in [0.29, 0.717) is 0 Å². The molecule has 0 bridgehead atoms. The van der Waals surface area contributed by atoms with Crippen molar-refractivity contribution in [3.8, 4) is 21.0 Å². The van der Waals surface area contributed by atoms with Crippen molar-refractivity contribution in [3.63, 3.8) is 0 Å². The lowest BCUT2D eigenvalue weighted by Gasteiger charge is -1.96. The number of benzene rings is 1. The van der Waals surface area contributed by atoms with E-state index in [9.17, 15) is 4.79 Å². The zero-order chi connectivity index (χ0) is 12.4. The van der Waals surface area contributed by atoms with Crippen LogP contribution in [0.4, 0.5) is 0 Å². The molecule has 0 aliphatic carbocycles. The lowest BCUT2D eigenvalue weighted by atomic mass is 10.2. The maximum absolute atomic E-state index is 11.0. The molecule has 3 rings (SSSR count). The van der Waals surface area contributed by atoms with Gasteiger partial charge < -0.3 is 0 Å². The summed E-state index contributed by atoms with van der Waals surface area (Å²) in [7, 11) is 0. The van der Waals surface area contributed by atoms with Crippen LogP contribution in [0.3, 0.4) is 0 Å². The van der Waals surface area contributed by atoms with Gasteiger partial charge in [0.25, 0.3) is 5.56 Å². The number of hydrogen-bond donors (Lipinski definition) is 1. The van der Waals surface area contributed by atoms with Crippen LogP contribution < -0.4 is 5.56 Å². The average Bonchev–Trinajstić information content (AvgIpc) is 2.90. The SMILES string of the molecule is O=c1ccc(-c2ccc(-c3ccccc3)s2)n[nH]1. The van der Waals surface area contributed by atoms with Crippen LogP contribution >= 0.6 is 11.3 Å². The predicted octanol–water partition coefficient (Wildman–Crippen LogP) is 3.17. The Labute approximate surface area is 108 Å². The van der Waals surface area contributed by atoms with Gasteiger partial charge in [-0.25, -0.2) is 5.10 Å². The Balaban J connectivity index is 1.99. The molecule has 2 aromatic heterocycles. The largest absolute Gasteiger partial charge is 0.268 e. The van der Waals surface area contributed by atoms with E-state index in [1.165, 1.54) is 16.5 Å². The molecule has 0 radical (unpaired) electrons. The molecule has 4 heteroatoms. The summed E-state index contributed by atoms with van der Waals surface area (Å²) in [6.45, 7) is 0. The fourth-order valence-electron chi connectivity index (χ4n) is 1.71. The number of H-pyrrole nitrogens is 1. The van der Waals surface area contributed by atoms with Gasteiger partial charge in [-0.15, -0.1) is 11.3 Å². The molecule has 0 aliphatic rings. The Morgan fingerprint density at radius 3 is 2.39 bits per heavy atom. The molecule has 0 amide bonds. The van der Waals surface area contributed by atoms with Crippen LogP contribution in [0.5, 0.6) is 0 Å². The molecule has 0 aliphatic heterocycles. The molecule has 0 atom stereocenters. The lowest BCUT2D eigenvalue weighted by molar-refractivity contribution is 0.998. The van der Waals surface area contributed by atoms with Crippen molar-refractivity contribution in [1.82, 2.24) is 10.2 Å². The third-order valence-corrected chi connectivity index (χ3v) is 3.75. The summed E-state index contributed by atoms with van der Waals surface area (Å²) in [6.07, 6.45) is 0. The van der Waals surface area contributed by atoms with E-state index in [1.807, 2.05) is 24.3 Å². The normalized spacial score (nSPS) is 10.4. The monoisotopic (exact) mass is 254 g/mol. The highest BCUT2D eigenvalue weighted by Crippen LogP contribution is 2.32. The van der Waals surface area contributed by atoms with Crippen molar-refractivity contribution in [1.29, 1.82) is 0 Å². The van der Waals surface area contributed by atoms with Crippen molar-refractivity contribution >= 4 is 11.3 Å². The first-order valence-electron chi connectivity index (χ1n) is 5.54. The number of aromatic nitrogens is 2. The Morgan fingerprint density at radius 2 is 1.67 bits per heavy atom. The number of aromatic amines is 1. The van der Waals surface area contributed by atoms with E-state index >= 15 is 0 Å². The second-order valence-corrected chi connectivity index (χ2v) is 4.92. The van der Waals surface area contributed by atoms with Crippen molar-refractivity contribution in [3.05, 3.63) is 65.0 Å². The van der Waals surface area contributed by atoms with Gasteiger partial charge in [0.05, 0.1) is 4.88 Å². The first-order chi connectivity index (χ1) is 8.83. The van der Waals surface area contributed by atoms with Gasteiger partial charge in [0.2, 0.25) is 0 Å². The van der Waals surface area contributed by atoms with E-state index in [-0.39, 0.29) is 5.56 Å². The van der Waals surface area contributed by atoms with Crippen molar-refractivity contribution < 1.29 is 0 Å². The fourth-order valence-corrected chi connectivity index (χ4v) is 2.70. The molecule has 2 heterocycles. The number of rotatable bonds is 2. The van der Waals surface area contributed by atoms with Crippen LogP contribution in [0, 0.1) is 0 Å². The van der Waals surface area contributed by atoms with E-state index in [1.54, 1.807) is 17.4 Å². The van der Waals surface area contributed by atoms with Crippen LogP contribution in [0.15, 0.2) is 59.4 Å². The summed E-state index contributed by atoms with van der Waals surface area (Å²) in [6, 6.07) is 17.5. The van der Waals surface area contributed by atoms with Gasteiger partial charge in [0.1, 0.15) is 5.69 Å². The van der Waals surface area contributed by atoms with Gasteiger partial charge >= 0.3 is 0 Å². The molecule has 0 spiro atoms. The highest BCUT2D eigenvalue weighted by atomic mass is 32.1. The van der Waals surface area contributed by atoms with Gasteiger partial charge in [-0.3, -0.25) is 4.79 Å². The summed E-state index contributed by atoms with van der Waals surface area (Å²) >= 11 is 1.66. The standard InChI is InChI=1S/C14H10N2OS/c17-14-9-6-11(15-16-14)13-8-7-12(18-13)10-4-2-1-3-5-10/h1-9H,(H,16,17). The average molecular weight is 254 g/mol. The predicted molar refractivity (Wildman–Crippen MR) is 73.6 cm³/mol. The maximum atomic E-state index is 11.0. The van der Waals surface area contributed by atoms with Gasteiger partial charge in [-0.05, 0) is 23.8 Å². The molecule has 3 aromatic rings. The first kappa shape index (κ1) is 10.9. The summed E-state index contributed by atoms with van der Waals surface area (Å²) in [5, 5.41) is 6.48. The Kier molecular flexibility index (Phi) is 2.78. The van der Waals surface area contributed by atoms with Gasteiger partial charge in [-0.2, -0.15) is 5.10 Å². The number of thiophene rings is 1. The highest BCUT2D eigenvalue weighted by molar-refractivity contribution is 7.18. The number of hydrogen-bond acceptors (Lipinski definition) is 3. The number of nitrogens with one attached hydrogen (secondary N) is 1. The third-order valence-electron chi connectivity index (χ3n) is 2.60. The first-order valence-corrected chi connectivity index (χ1v) is 6.36. The number of nitrogens with zero attached hydrogens (tertiary/aromatic N) is 1. The van der Waals surface area contributed by atoms with E-state index in [2.05, 4.69) is 28.4 Å². The third kappa shape index (κ3) is 2.10. The van der Waals surface area contributed by atoms with E-state index in [4.69, 9.17) is 0 Å². The molecular weight excluding hydrogens is 244 g/mol. The second-order valence-electron chi connectivity index (χ2n) is 3.84. The van der Waals surface area contributed by atoms with Crippen LogP contribution in [-0.2, 0) is 0 Å². The maximum Gasteiger partial charge on any atom is 0.264 e. The Morgan fingerprint density at radius 1 is 0.889 bits per heavy atom. The van der Waals surface area contributed by atoms with Crippen LogP contribution in [-0.4, -0.2) is 10.2 Å².